The molecule has 3 fully saturated rings. The molecule has 188 valence electrons. The van der Waals surface area contributed by atoms with Gasteiger partial charge in [-0.15, -0.1) is 0 Å². The number of halogens is 1. The summed E-state index contributed by atoms with van der Waals surface area (Å²) in [5, 5.41) is 10.4. The lowest BCUT2D eigenvalue weighted by Gasteiger charge is -2.51. The van der Waals surface area contributed by atoms with E-state index in [4.69, 9.17) is 4.74 Å². The molecule has 3 aliphatic heterocycles. The van der Waals surface area contributed by atoms with Crippen LogP contribution in [-0.2, 0) is 6.42 Å². The molecule has 2 aromatic carbocycles. The van der Waals surface area contributed by atoms with Crippen molar-refractivity contribution < 1.29 is 19.0 Å². The highest BCUT2D eigenvalue weighted by atomic mass is 19.1. The molecule has 1 N–H and O–H groups in total. The average molecular weight is 481 g/mol. The Kier molecular flexibility index (Phi) is 6.28. The van der Waals surface area contributed by atoms with Crippen LogP contribution in [-0.4, -0.2) is 53.3 Å². The number of fused-ring (bicyclic) bond motifs is 4. The van der Waals surface area contributed by atoms with Gasteiger partial charge in [0.15, 0.2) is 0 Å². The second-order valence-corrected chi connectivity index (χ2v) is 11.7. The van der Waals surface area contributed by atoms with Crippen molar-refractivity contribution >= 4 is 6.09 Å². The Labute approximate surface area is 207 Å². The molecule has 2 bridgehead atoms. The highest BCUT2D eigenvalue weighted by Gasteiger charge is 2.50. The monoisotopic (exact) mass is 480 g/mol. The van der Waals surface area contributed by atoms with E-state index in [1.54, 1.807) is 11.0 Å². The molecule has 0 unspecified atom stereocenters. The Bertz CT molecular complexity index is 1110. The first-order valence-corrected chi connectivity index (χ1v) is 12.9. The van der Waals surface area contributed by atoms with Crippen LogP contribution >= 0.6 is 0 Å². The van der Waals surface area contributed by atoms with Crippen molar-refractivity contribution in [2.45, 2.75) is 59.0 Å². The number of hydrogen-bond acceptors (Lipinski definition) is 3. The number of ether oxygens (including phenoxy) is 1. The summed E-state index contributed by atoms with van der Waals surface area (Å²) in [6.07, 6.45) is 1.90. The van der Waals surface area contributed by atoms with Crippen molar-refractivity contribution in [3.05, 3.63) is 53.3 Å². The Morgan fingerprint density at radius 1 is 1.23 bits per heavy atom. The number of carboxylic acid groups (broad SMARTS) is 1. The summed E-state index contributed by atoms with van der Waals surface area (Å²) >= 11 is 0. The quantitative estimate of drug-likeness (QED) is 0.533. The summed E-state index contributed by atoms with van der Waals surface area (Å²) in [5.41, 5.74) is 2.86. The number of carbonyl (C=O) groups is 1. The van der Waals surface area contributed by atoms with Crippen LogP contribution in [0.25, 0.3) is 11.1 Å². The minimum Gasteiger partial charge on any atom is -0.493 e. The van der Waals surface area contributed by atoms with Gasteiger partial charge < -0.3 is 14.7 Å². The molecule has 5 nitrogen and oxygen atoms in total. The fourth-order valence-corrected chi connectivity index (χ4v) is 6.51. The van der Waals surface area contributed by atoms with E-state index >= 15 is 4.39 Å². The first-order valence-electron chi connectivity index (χ1n) is 12.9. The van der Waals surface area contributed by atoms with Crippen LogP contribution in [0.2, 0.25) is 0 Å². The van der Waals surface area contributed by atoms with Crippen molar-refractivity contribution in [2.75, 3.05) is 26.2 Å². The van der Waals surface area contributed by atoms with Crippen LogP contribution in [0.5, 0.6) is 5.75 Å². The van der Waals surface area contributed by atoms with E-state index in [-0.39, 0.29) is 23.3 Å². The molecule has 4 aliphatic rings. The number of benzene rings is 2. The fraction of sp³-hybridized carbons (Fsp3) is 0.552. The zero-order valence-electron chi connectivity index (χ0n) is 21.3. The molecule has 3 heterocycles. The highest BCUT2D eigenvalue weighted by Crippen LogP contribution is 2.52. The van der Waals surface area contributed by atoms with E-state index in [0.717, 1.165) is 54.9 Å². The van der Waals surface area contributed by atoms with Gasteiger partial charge in [-0.2, -0.15) is 0 Å². The van der Waals surface area contributed by atoms with Crippen LogP contribution in [0.15, 0.2) is 36.4 Å². The van der Waals surface area contributed by atoms with Gasteiger partial charge in [0, 0.05) is 12.1 Å². The normalized spacial score (nSPS) is 26.6. The zero-order valence-corrected chi connectivity index (χ0v) is 21.3. The van der Waals surface area contributed by atoms with Gasteiger partial charge in [0.2, 0.25) is 0 Å². The van der Waals surface area contributed by atoms with Gasteiger partial charge in [0.05, 0.1) is 18.7 Å². The molecule has 2 atom stereocenters. The van der Waals surface area contributed by atoms with Crippen LogP contribution in [0.4, 0.5) is 9.18 Å². The Morgan fingerprint density at radius 2 is 1.97 bits per heavy atom. The van der Waals surface area contributed by atoms with Crippen molar-refractivity contribution in [1.29, 1.82) is 0 Å². The number of nitrogens with zero attached hydrogens (tertiary/aromatic N) is 2. The summed E-state index contributed by atoms with van der Waals surface area (Å²) in [6.45, 7) is 11.9. The molecule has 1 aliphatic carbocycles. The summed E-state index contributed by atoms with van der Waals surface area (Å²) in [7, 11) is 0. The maximum absolute atomic E-state index is 15.6. The van der Waals surface area contributed by atoms with E-state index < -0.39 is 6.09 Å². The topological polar surface area (TPSA) is 53.0 Å². The van der Waals surface area contributed by atoms with Crippen LogP contribution < -0.4 is 4.74 Å². The largest absolute Gasteiger partial charge is 0.493 e. The van der Waals surface area contributed by atoms with Gasteiger partial charge in [-0.3, -0.25) is 4.90 Å². The molecule has 6 rings (SSSR count). The Balaban J connectivity index is 1.50. The standard InChI is InChI=1S/C29H37FN2O3/c1-18(2)17-35-22-7-5-6-20(12-22)23-13-21-15-29(3,4)27(24(21)14-25(23)30)32(28(33)34)26-16-31-10-8-19(26)9-11-31/h5-7,12-14,18-19,26-27H,8-11,15-17H2,1-4H3,(H,33,34)/t26-,27+/m1/s1. The minimum atomic E-state index is -0.894. The average Bonchev–Trinajstić information content (AvgIpc) is 3.07. The predicted octanol–water partition coefficient (Wildman–Crippen LogP) is 6.23. The van der Waals surface area contributed by atoms with Crippen molar-refractivity contribution in [2.24, 2.45) is 17.3 Å². The summed E-state index contributed by atoms with van der Waals surface area (Å²) in [5.74, 6) is 1.21. The molecule has 2 aromatic rings. The summed E-state index contributed by atoms with van der Waals surface area (Å²) in [4.78, 5) is 16.7. The summed E-state index contributed by atoms with van der Waals surface area (Å²) in [6, 6.07) is 10.7. The lowest BCUT2D eigenvalue weighted by atomic mass is 9.79. The third-order valence-electron chi connectivity index (χ3n) is 8.12. The molecule has 0 saturated carbocycles. The van der Waals surface area contributed by atoms with Gasteiger partial charge >= 0.3 is 6.09 Å². The molecule has 0 spiro atoms. The fourth-order valence-electron chi connectivity index (χ4n) is 6.51. The zero-order chi connectivity index (χ0) is 24.9. The lowest BCUT2D eigenvalue weighted by Crippen LogP contribution is -2.60. The Hall–Kier alpha value is -2.60. The van der Waals surface area contributed by atoms with Crippen molar-refractivity contribution in [3.63, 3.8) is 0 Å². The lowest BCUT2D eigenvalue weighted by molar-refractivity contribution is -0.0267. The van der Waals surface area contributed by atoms with E-state index in [1.807, 2.05) is 30.3 Å². The van der Waals surface area contributed by atoms with Gasteiger partial charge in [0.1, 0.15) is 11.6 Å². The van der Waals surface area contributed by atoms with Gasteiger partial charge in [-0.05, 0) is 90.6 Å². The minimum absolute atomic E-state index is 0.0391. The van der Waals surface area contributed by atoms with E-state index in [2.05, 4.69) is 32.6 Å². The van der Waals surface area contributed by atoms with Crippen molar-refractivity contribution in [3.8, 4) is 16.9 Å². The maximum Gasteiger partial charge on any atom is 0.408 e. The third-order valence-corrected chi connectivity index (χ3v) is 8.12. The SMILES string of the molecule is CC(C)COc1cccc(-c2cc3c(cc2F)[C@H](N(C(=O)O)[C@@H]2CN4CCC2CC4)C(C)(C)C3)c1. The second kappa shape index (κ2) is 9.12. The van der Waals surface area contributed by atoms with E-state index in [1.165, 1.54) is 0 Å². The van der Waals surface area contributed by atoms with Gasteiger partial charge in [0.25, 0.3) is 0 Å². The maximum atomic E-state index is 15.6. The summed E-state index contributed by atoms with van der Waals surface area (Å²) < 4.78 is 21.5. The molecule has 1 amide bonds. The van der Waals surface area contributed by atoms with E-state index in [9.17, 15) is 9.90 Å². The molecule has 0 radical (unpaired) electrons. The molecular weight excluding hydrogens is 443 g/mol. The van der Waals surface area contributed by atoms with Crippen molar-refractivity contribution in [1.82, 2.24) is 9.80 Å². The number of rotatable bonds is 6. The first kappa shape index (κ1) is 24.1. The second-order valence-electron chi connectivity index (χ2n) is 11.7. The number of hydrogen-bond donors (Lipinski definition) is 1. The number of piperidine rings is 3. The smallest absolute Gasteiger partial charge is 0.408 e. The molecule has 3 saturated heterocycles. The van der Waals surface area contributed by atoms with Gasteiger partial charge in [-0.25, -0.2) is 9.18 Å². The predicted molar refractivity (Wildman–Crippen MR) is 135 cm³/mol. The van der Waals surface area contributed by atoms with Gasteiger partial charge in [-0.1, -0.05) is 39.8 Å². The molecular formula is C29H37FN2O3. The van der Waals surface area contributed by atoms with Crippen LogP contribution in [0.1, 0.15) is 57.7 Å². The molecule has 35 heavy (non-hydrogen) atoms. The Morgan fingerprint density at radius 3 is 2.60 bits per heavy atom. The molecule has 0 aromatic heterocycles. The van der Waals surface area contributed by atoms with Crippen LogP contribution in [0.3, 0.4) is 0 Å². The first-order chi connectivity index (χ1) is 16.6. The number of amides is 1. The van der Waals surface area contributed by atoms with Crippen LogP contribution in [0, 0.1) is 23.1 Å². The third kappa shape index (κ3) is 4.53. The molecule has 6 heteroatoms. The van der Waals surface area contributed by atoms with E-state index in [0.29, 0.717) is 30.4 Å². The highest BCUT2D eigenvalue weighted by molar-refractivity contribution is 5.70.